The smallest absolute Gasteiger partial charge is 0.321 e. The SMILES string of the molecule is CC[C@@H](C)NC(=O)NC(=O)C[NH+](CC)CC(=O)Nc1cc(Cl)ccc1C. The minimum absolute atomic E-state index is 0.0101. The largest absolute Gasteiger partial charge is 0.335 e. The summed E-state index contributed by atoms with van der Waals surface area (Å²) in [7, 11) is 0. The molecule has 26 heavy (non-hydrogen) atoms. The van der Waals surface area contributed by atoms with Gasteiger partial charge >= 0.3 is 6.03 Å². The number of rotatable bonds is 8. The molecule has 1 aromatic carbocycles. The molecule has 7 nitrogen and oxygen atoms in total. The number of carbonyl (C=O) groups excluding carboxylic acids is 3. The number of benzene rings is 1. The van der Waals surface area contributed by atoms with E-state index in [9.17, 15) is 14.4 Å². The van der Waals surface area contributed by atoms with E-state index in [4.69, 9.17) is 11.6 Å². The van der Waals surface area contributed by atoms with Crippen molar-refractivity contribution in [2.45, 2.75) is 40.2 Å². The number of likely N-dealkylation sites (N-methyl/N-ethyl adjacent to an activating group) is 1. The summed E-state index contributed by atoms with van der Waals surface area (Å²) in [5, 5.41) is 8.30. The highest BCUT2D eigenvalue weighted by Gasteiger charge is 2.19. The first-order chi connectivity index (χ1) is 12.2. The number of hydrogen-bond acceptors (Lipinski definition) is 3. The lowest BCUT2D eigenvalue weighted by Crippen LogP contribution is -3.14. The van der Waals surface area contributed by atoms with Crippen molar-refractivity contribution in [3.05, 3.63) is 28.8 Å². The molecule has 0 saturated carbocycles. The molecule has 1 unspecified atom stereocenters. The average molecular weight is 384 g/mol. The number of imide groups is 1. The van der Waals surface area contributed by atoms with Crippen LogP contribution in [0.1, 0.15) is 32.8 Å². The molecule has 4 amide bonds. The summed E-state index contributed by atoms with van der Waals surface area (Å²) in [5.41, 5.74) is 1.55. The van der Waals surface area contributed by atoms with Gasteiger partial charge in [0.05, 0.1) is 6.54 Å². The maximum absolute atomic E-state index is 12.2. The van der Waals surface area contributed by atoms with Gasteiger partial charge in [-0.1, -0.05) is 24.6 Å². The fourth-order valence-corrected chi connectivity index (χ4v) is 2.39. The van der Waals surface area contributed by atoms with Crippen molar-refractivity contribution in [1.82, 2.24) is 10.6 Å². The number of hydrogen-bond donors (Lipinski definition) is 4. The first kappa shape index (κ1) is 21.9. The monoisotopic (exact) mass is 383 g/mol. The second-order valence-corrected chi connectivity index (χ2v) is 6.73. The third kappa shape index (κ3) is 7.84. The van der Waals surface area contributed by atoms with Crippen molar-refractivity contribution in [2.24, 2.45) is 0 Å². The number of amides is 4. The van der Waals surface area contributed by atoms with Crippen LogP contribution in [-0.4, -0.2) is 43.5 Å². The zero-order valence-corrected chi connectivity index (χ0v) is 16.5. The van der Waals surface area contributed by atoms with E-state index in [-0.39, 0.29) is 25.0 Å². The Balaban J connectivity index is 2.52. The lowest BCUT2D eigenvalue weighted by molar-refractivity contribution is -0.881. The molecule has 0 fully saturated rings. The molecule has 1 rings (SSSR count). The van der Waals surface area contributed by atoms with E-state index in [0.717, 1.165) is 16.9 Å². The van der Waals surface area contributed by atoms with Gasteiger partial charge in [0.25, 0.3) is 11.8 Å². The van der Waals surface area contributed by atoms with Gasteiger partial charge in [-0.25, -0.2) is 4.79 Å². The number of quaternary nitrogens is 1. The van der Waals surface area contributed by atoms with Crippen molar-refractivity contribution < 1.29 is 19.3 Å². The van der Waals surface area contributed by atoms with Gasteiger partial charge in [0, 0.05) is 16.8 Å². The van der Waals surface area contributed by atoms with Crippen LogP contribution in [-0.2, 0) is 9.59 Å². The van der Waals surface area contributed by atoms with Crippen molar-refractivity contribution in [3.63, 3.8) is 0 Å². The number of anilines is 1. The van der Waals surface area contributed by atoms with E-state index in [1.807, 2.05) is 33.8 Å². The Morgan fingerprint density at radius 2 is 1.81 bits per heavy atom. The van der Waals surface area contributed by atoms with Crippen LogP contribution >= 0.6 is 11.6 Å². The minimum atomic E-state index is -0.515. The minimum Gasteiger partial charge on any atom is -0.335 e. The zero-order chi connectivity index (χ0) is 19.7. The molecule has 0 radical (unpaired) electrons. The summed E-state index contributed by atoms with van der Waals surface area (Å²) in [4.78, 5) is 36.7. The van der Waals surface area contributed by atoms with E-state index >= 15 is 0 Å². The maximum Gasteiger partial charge on any atom is 0.321 e. The topological polar surface area (TPSA) is 91.7 Å². The van der Waals surface area contributed by atoms with Crippen LogP contribution in [0.2, 0.25) is 5.02 Å². The Bertz CT molecular complexity index is 651. The van der Waals surface area contributed by atoms with Crippen molar-refractivity contribution in [3.8, 4) is 0 Å². The first-order valence-corrected chi connectivity index (χ1v) is 9.12. The van der Waals surface area contributed by atoms with E-state index < -0.39 is 11.9 Å². The predicted molar refractivity (Wildman–Crippen MR) is 102 cm³/mol. The molecule has 0 spiro atoms. The molecule has 0 aliphatic heterocycles. The fraction of sp³-hybridized carbons (Fsp3) is 0.500. The van der Waals surface area contributed by atoms with E-state index in [1.165, 1.54) is 0 Å². The summed E-state index contributed by atoms with van der Waals surface area (Å²) in [5.74, 6) is -0.640. The first-order valence-electron chi connectivity index (χ1n) is 8.75. The van der Waals surface area contributed by atoms with E-state index in [2.05, 4.69) is 16.0 Å². The summed E-state index contributed by atoms with van der Waals surface area (Å²) < 4.78 is 0. The molecule has 144 valence electrons. The van der Waals surface area contributed by atoms with Crippen LogP contribution in [0.5, 0.6) is 0 Å². The van der Waals surface area contributed by atoms with Crippen molar-refractivity contribution in [1.29, 1.82) is 0 Å². The standard InChI is InChI=1S/C18H27ClN4O3/c1-5-13(4)20-18(26)22-17(25)11-23(6-2)10-16(24)21-15-9-14(19)8-7-12(15)3/h7-9,13H,5-6,10-11H2,1-4H3,(H,21,24)(H2,20,22,25,26)/p+1/t13-/m1/s1. The van der Waals surface area contributed by atoms with Crippen LogP contribution < -0.4 is 20.9 Å². The number of nitrogens with one attached hydrogen (secondary N) is 4. The highest BCUT2D eigenvalue weighted by Crippen LogP contribution is 2.19. The van der Waals surface area contributed by atoms with Crippen molar-refractivity contribution in [2.75, 3.05) is 25.0 Å². The van der Waals surface area contributed by atoms with Gasteiger partial charge < -0.3 is 15.5 Å². The molecule has 0 bridgehead atoms. The number of carbonyl (C=O) groups is 3. The summed E-state index contributed by atoms with van der Waals surface area (Å²) in [6, 6.07) is 4.74. The quantitative estimate of drug-likeness (QED) is 0.542. The maximum atomic E-state index is 12.2. The van der Waals surface area contributed by atoms with Crippen LogP contribution in [0.15, 0.2) is 18.2 Å². The zero-order valence-electron chi connectivity index (χ0n) is 15.7. The van der Waals surface area contributed by atoms with Gasteiger partial charge in [-0.15, -0.1) is 0 Å². The summed E-state index contributed by atoms with van der Waals surface area (Å²) in [6.07, 6.45) is 0.775. The molecule has 0 aromatic heterocycles. The van der Waals surface area contributed by atoms with Crippen LogP contribution in [0, 0.1) is 6.92 Å². The predicted octanol–water partition coefficient (Wildman–Crippen LogP) is 1.12. The van der Waals surface area contributed by atoms with Gasteiger partial charge in [-0.2, -0.15) is 0 Å². The molecule has 0 aliphatic rings. The average Bonchev–Trinajstić information content (AvgIpc) is 2.57. The number of urea groups is 1. The van der Waals surface area contributed by atoms with Gasteiger partial charge in [0.1, 0.15) is 0 Å². The molecule has 0 aliphatic carbocycles. The van der Waals surface area contributed by atoms with Gasteiger partial charge in [-0.3, -0.25) is 14.9 Å². The van der Waals surface area contributed by atoms with E-state index in [0.29, 0.717) is 17.3 Å². The molecule has 4 N–H and O–H groups in total. The molecular weight excluding hydrogens is 356 g/mol. The molecule has 1 aromatic rings. The molecule has 0 heterocycles. The lowest BCUT2D eigenvalue weighted by Gasteiger charge is -2.18. The molecule has 0 saturated heterocycles. The third-order valence-electron chi connectivity index (χ3n) is 4.04. The van der Waals surface area contributed by atoms with E-state index in [1.54, 1.807) is 12.1 Å². The normalized spacial score (nSPS) is 12.8. The second kappa shape index (κ2) is 10.8. The highest BCUT2D eigenvalue weighted by atomic mass is 35.5. The Morgan fingerprint density at radius 1 is 1.15 bits per heavy atom. The van der Waals surface area contributed by atoms with Crippen LogP contribution in [0.3, 0.4) is 0 Å². The van der Waals surface area contributed by atoms with Crippen molar-refractivity contribution >= 4 is 35.1 Å². The Hall–Kier alpha value is -2.12. The molecule has 8 heteroatoms. The van der Waals surface area contributed by atoms with Crippen LogP contribution in [0.25, 0.3) is 0 Å². The van der Waals surface area contributed by atoms with Gasteiger partial charge in [-0.05, 0) is 44.9 Å². The fourth-order valence-electron chi connectivity index (χ4n) is 2.22. The Labute approximate surface area is 159 Å². The Morgan fingerprint density at radius 3 is 2.42 bits per heavy atom. The molecule has 2 atom stereocenters. The number of halogens is 1. The van der Waals surface area contributed by atoms with Crippen LogP contribution in [0.4, 0.5) is 10.5 Å². The van der Waals surface area contributed by atoms with Gasteiger partial charge in [0.15, 0.2) is 13.1 Å². The lowest BCUT2D eigenvalue weighted by atomic mass is 10.2. The van der Waals surface area contributed by atoms with Gasteiger partial charge in [0.2, 0.25) is 0 Å². The number of aryl methyl sites for hydroxylation is 1. The molecular formula is C18H28ClN4O3+. The highest BCUT2D eigenvalue weighted by molar-refractivity contribution is 6.31. The second-order valence-electron chi connectivity index (χ2n) is 6.30. The third-order valence-corrected chi connectivity index (χ3v) is 4.27. The summed E-state index contributed by atoms with van der Waals surface area (Å²) in [6.45, 7) is 8.27. The summed E-state index contributed by atoms with van der Waals surface area (Å²) >= 11 is 5.95. The Kier molecular flexibility index (Phi) is 9.09.